The minimum atomic E-state index is -1.18. The summed E-state index contributed by atoms with van der Waals surface area (Å²) in [6, 6.07) is -0.619. The number of likely N-dealkylation sites (N-methyl/N-ethyl adjacent to an activating group) is 1. The molecule has 1 fully saturated rings. The highest BCUT2D eigenvalue weighted by Gasteiger charge is 2.45. The molecule has 0 aromatic rings. The van der Waals surface area contributed by atoms with Crippen LogP contribution in [0.2, 0.25) is 0 Å². The van der Waals surface area contributed by atoms with Crippen molar-refractivity contribution >= 4 is 0 Å². The molecule has 1 saturated heterocycles. The summed E-state index contributed by atoms with van der Waals surface area (Å²) >= 11 is 0. The minimum Gasteiger partial charge on any atom is -0.394 e. The number of aliphatic hydroxyl groups excluding tert-OH is 4. The molecule has 0 aromatic carbocycles. The lowest BCUT2D eigenvalue weighted by atomic mass is 10.0. The van der Waals surface area contributed by atoms with Crippen LogP contribution in [-0.2, 0) is 4.74 Å². The van der Waals surface area contributed by atoms with Gasteiger partial charge in [0.05, 0.1) is 12.6 Å². The highest BCUT2D eigenvalue weighted by atomic mass is 16.6. The van der Waals surface area contributed by atoms with E-state index in [1.54, 1.807) is 0 Å². The van der Waals surface area contributed by atoms with Crippen molar-refractivity contribution in [3.8, 4) is 0 Å². The van der Waals surface area contributed by atoms with Crippen molar-refractivity contribution in [3.05, 3.63) is 0 Å². The van der Waals surface area contributed by atoms with Crippen molar-refractivity contribution < 1.29 is 25.2 Å². The Hall–Kier alpha value is -0.240. The van der Waals surface area contributed by atoms with Gasteiger partial charge in [0, 0.05) is 0 Å². The van der Waals surface area contributed by atoms with Gasteiger partial charge in [-0.3, -0.25) is 0 Å². The molecule has 0 bridgehead atoms. The molecule has 0 aliphatic carbocycles. The summed E-state index contributed by atoms with van der Waals surface area (Å²) in [4.78, 5) is 0. The Morgan fingerprint density at radius 2 is 2.07 bits per heavy atom. The van der Waals surface area contributed by atoms with E-state index in [4.69, 9.17) is 9.84 Å². The third kappa shape index (κ3) is 2.22. The van der Waals surface area contributed by atoms with Gasteiger partial charge in [-0.05, 0) is 6.54 Å². The maximum absolute atomic E-state index is 9.63. The van der Waals surface area contributed by atoms with E-state index in [0.29, 0.717) is 6.54 Å². The van der Waals surface area contributed by atoms with Crippen LogP contribution in [0.15, 0.2) is 0 Å². The zero-order valence-electron chi connectivity index (χ0n) is 8.00. The lowest BCUT2D eigenvalue weighted by Crippen LogP contribution is -2.47. The molecule has 84 valence electrons. The lowest BCUT2D eigenvalue weighted by molar-refractivity contribution is -0.139. The molecule has 1 rings (SSSR count). The van der Waals surface area contributed by atoms with E-state index in [-0.39, 0.29) is 0 Å². The number of hydrogen-bond donors (Lipinski definition) is 5. The Bertz CT molecular complexity index is 179. The van der Waals surface area contributed by atoms with Gasteiger partial charge in [0.1, 0.15) is 18.3 Å². The van der Waals surface area contributed by atoms with Gasteiger partial charge in [-0.15, -0.1) is 0 Å². The number of hydrogen-bond acceptors (Lipinski definition) is 6. The van der Waals surface area contributed by atoms with Crippen LogP contribution in [0.3, 0.4) is 0 Å². The predicted molar refractivity (Wildman–Crippen MR) is 47.4 cm³/mol. The monoisotopic (exact) mass is 207 g/mol. The van der Waals surface area contributed by atoms with Gasteiger partial charge in [0.25, 0.3) is 0 Å². The van der Waals surface area contributed by atoms with E-state index in [2.05, 4.69) is 5.32 Å². The standard InChI is InChI=1S/C8H17NO5/c1-2-9-5-6(12)7(4(11)3-10)14-8(5)13/h4-13H,2-3H2,1H3/t4-,5+,6-,7?,8?/m1/s1. The van der Waals surface area contributed by atoms with Gasteiger partial charge in [0.2, 0.25) is 0 Å². The summed E-state index contributed by atoms with van der Waals surface area (Å²) in [7, 11) is 0. The topological polar surface area (TPSA) is 102 Å². The van der Waals surface area contributed by atoms with Crippen LogP contribution in [0, 0.1) is 0 Å². The molecule has 0 aromatic heterocycles. The van der Waals surface area contributed by atoms with Gasteiger partial charge in [-0.25, -0.2) is 0 Å². The Balaban J connectivity index is 2.58. The fourth-order valence-corrected chi connectivity index (χ4v) is 1.58. The number of rotatable bonds is 4. The molecule has 0 amide bonds. The zero-order chi connectivity index (χ0) is 10.7. The average Bonchev–Trinajstić information content (AvgIpc) is 2.45. The van der Waals surface area contributed by atoms with Crippen LogP contribution in [0.4, 0.5) is 0 Å². The third-order valence-electron chi connectivity index (χ3n) is 2.31. The van der Waals surface area contributed by atoms with Crippen molar-refractivity contribution in [2.45, 2.75) is 37.6 Å². The second kappa shape index (κ2) is 5.01. The van der Waals surface area contributed by atoms with Crippen LogP contribution >= 0.6 is 0 Å². The summed E-state index contributed by atoms with van der Waals surface area (Å²) in [6.07, 6.45) is -4.30. The molecule has 0 spiro atoms. The lowest BCUT2D eigenvalue weighted by Gasteiger charge is -2.20. The predicted octanol–water partition coefficient (Wildman–Crippen LogP) is -2.60. The Kier molecular flexibility index (Phi) is 4.24. The van der Waals surface area contributed by atoms with Gasteiger partial charge in [-0.2, -0.15) is 0 Å². The van der Waals surface area contributed by atoms with E-state index < -0.39 is 37.3 Å². The van der Waals surface area contributed by atoms with Crippen LogP contribution in [0.1, 0.15) is 6.92 Å². The SMILES string of the molecule is CCN[C@@H]1C(O)OC([C@H](O)CO)[C@@H]1O. The highest BCUT2D eigenvalue weighted by Crippen LogP contribution is 2.22. The molecule has 0 radical (unpaired) electrons. The summed E-state index contributed by atoms with van der Waals surface area (Å²) < 4.78 is 4.92. The normalized spacial score (nSPS) is 40.1. The van der Waals surface area contributed by atoms with Crippen molar-refractivity contribution in [3.63, 3.8) is 0 Å². The Morgan fingerprint density at radius 1 is 1.43 bits per heavy atom. The molecule has 6 nitrogen and oxygen atoms in total. The van der Waals surface area contributed by atoms with Gasteiger partial charge in [-0.1, -0.05) is 6.92 Å². The average molecular weight is 207 g/mol. The molecule has 1 aliphatic heterocycles. The molecule has 6 heteroatoms. The fourth-order valence-electron chi connectivity index (χ4n) is 1.58. The van der Waals surface area contributed by atoms with Gasteiger partial charge >= 0.3 is 0 Å². The third-order valence-corrected chi connectivity index (χ3v) is 2.31. The summed E-state index contributed by atoms with van der Waals surface area (Å²) in [5, 5.41) is 39.8. The first kappa shape index (κ1) is 11.8. The first-order valence-corrected chi connectivity index (χ1v) is 4.65. The van der Waals surface area contributed by atoms with Gasteiger partial charge < -0.3 is 30.5 Å². The van der Waals surface area contributed by atoms with E-state index in [1.165, 1.54) is 0 Å². The van der Waals surface area contributed by atoms with Crippen LogP contribution < -0.4 is 5.32 Å². The zero-order valence-corrected chi connectivity index (χ0v) is 8.00. The number of aliphatic hydroxyl groups is 4. The van der Waals surface area contributed by atoms with Crippen LogP contribution in [0.25, 0.3) is 0 Å². The van der Waals surface area contributed by atoms with E-state index >= 15 is 0 Å². The maximum atomic E-state index is 9.63. The first-order valence-electron chi connectivity index (χ1n) is 4.65. The Morgan fingerprint density at radius 3 is 2.57 bits per heavy atom. The van der Waals surface area contributed by atoms with Gasteiger partial charge in [0.15, 0.2) is 6.29 Å². The van der Waals surface area contributed by atoms with Crippen molar-refractivity contribution in [2.75, 3.05) is 13.2 Å². The quantitative estimate of drug-likeness (QED) is 0.346. The van der Waals surface area contributed by atoms with E-state index in [9.17, 15) is 15.3 Å². The van der Waals surface area contributed by atoms with Crippen LogP contribution in [-0.4, -0.2) is 64.2 Å². The molecule has 5 atom stereocenters. The highest BCUT2D eigenvalue weighted by molar-refractivity contribution is 4.94. The second-order valence-corrected chi connectivity index (χ2v) is 3.32. The number of ether oxygens (including phenoxy) is 1. The molecule has 1 heterocycles. The largest absolute Gasteiger partial charge is 0.394 e. The summed E-state index contributed by atoms with van der Waals surface area (Å²) in [6.45, 7) is 1.90. The molecule has 5 N–H and O–H groups in total. The maximum Gasteiger partial charge on any atom is 0.173 e. The van der Waals surface area contributed by atoms with Crippen LogP contribution in [0.5, 0.6) is 0 Å². The van der Waals surface area contributed by atoms with E-state index in [0.717, 1.165) is 0 Å². The molecule has 1 aliphatic rings. The molecule has 2 unspecified atom stereocenters. The van der Waals surface area contributed by atoms with Crippen molar-refractivity contribution in [1.29, 1.82) is 0 Å². The summed E-state index contributed by atoms with van der Waals surface area (Å²) in [5.74, 6) is 0. The fraction of sp³-hybridized carbons (Fsp3) is 1.00. The molecule has 14 heavy (non-hydrogen) atoms. The van der Waals surface area contributed by atoms with Crippen molar-refractivity contribution in [1.82, 2.24) is 5.32 Å². The summed E-state index contributed by atoms with van der Waals surface area (Å²) in [5.41, 5.74) is 0. The van der Waals surface area contributed by atoms with E-state index in [1.807, 2.05) is 6.92 Å². The minimum absolute atomic E-state index is 0.507. The Labute approximate surface area is 82.1 Å². The first-order chi connectivity index (χ1) is 6.61. The molecule has 0 saturated carbocycles. The second-order valence-electron chi connectivity index (χ2n) is 3.32. The number of nitrogens with one attached hydrogen (secondary N) is 1. The molecular weight excluding hydrogens is 190 g/mol. The smallest absolute Gasteiger partial charge is 0.173 e. The van der Waals surface area contributed by atoms with Crippen molar-refractivity contribution in [2.24, 2.45) is 0 Å². The molecular formula is C8H17NO5.